The molecule has 0 heterocycles. The van der Waals surface area contributed by atoms with Gasteiger partial charge in [-0.3, -0.25) is 15.3 Å². The van der Waals surface area contributed by atoms with Crippen molar-refractivity contribution in [1.29, 1.82) is 0 Å². The Labute approximate surface area is 120 Å². The van der Waals surface area contributed by atoms with Crippen LogP contribution in [0, 0.1) is 0 Å². The van der Waals surface area contributed by atoms with Gasteiger partial charge in [0, 0.05) is 12.0 Å². The van der Waals surface area contributed by atoms with Gasteiger partial charge in [-0.1, -0.05) is 6.07 Å². The Balaban J connectivity index is 2.72. The van der Waals surface area contributed by atoms with Gasteiger partial charge in [0.2, 0.25) is 5.75 Å². The van der Waals surface area contributed by atoms with Crippen molar-refractivity contribution in [2.24, 2.45) is 0 Å². The molecule has 0 aliphatic carbocycles. The number of rotatable bonds is 8. The van der Waals surface area contributed by atoms with Crippen LogP contribution in [0.25, 0.3) is 0 Å². The van der Waals surface area contributed by atoms with E-state index in [1.807, 2.05) is 0 Å². The molecule has 1 rings (SSSR count). The van der Waals surface area contributed by atoms with Gasteiger partial charge < -0.3 is 25.2 Å². The fourth-order valence-corrected chi connectivity index (χ4v) is 1.59. The molecule has 9 heteroatoms. The minimum atomic E-state index is -1.16. The van der Waals surface area contributed by atoms with Gasteiger partial charge in [-0.05, 0) is 6.07 Å². The molecule has 21 heavy (non-hydrogen) atoms. The largest absolute Gasteiger partial charge is 0.504 e. The molecule has 1 atom stereocenters. The minimum Gasteiger partial charge on any atom is -0.504 e. The van der Waals surface area contributed by atoms with E-state index in [2.05, 4.69) is 5.32 Å². The number of ether oxygens (including phenoxy) is 1. The van der Waals surface area contributed by atoms with E-state index in [0.717, 1.165) is 0 Å². The van der Waals surface area contributed by atoms with Crippen molar-refractivity contribution in [2.75, 3.05) is 19.8 Å². The zero-order valence-corrected chi connectivity index (χ0v) is 11.1. The Kier molecular flexibility index (Phi) is 6.69. The van der Waals surface area contributed by atoms with E-state index < -0.39 is 12.1 Å². The van der Waals surface area contributed by atoms with Crippen LogP contribution in [0.2, 0.25) is 0 Å². The predicted molar refractivity (Wildman–Crippen MR) is 70.0 cm³/mol. The number of hydroxylamine groups is 1. The highest BCUT2D eigenvalue weighted by atomic mass is 16.5. The number of carbonyl (C=O) groups excluding carboxylic acids is 1. The van der Waals surface area contributed by atoms with Gasteiger partial charge in [0.15, 0.2) is 11.5 Å². The number of phenolic OH excluding ortho intramolecular Hbond substituents is 2. The van der Waals surface area contributed by atoms with E-state index in [4.69, 9.17) is 15.1 Å². The quantitative estimate of drug-likeness (QED) is 0.173. The van der Waals surface area contributed by atoms with Crippen LogP contribution in [-0.4, -0.2) is 57.5 Å². The van der Waals surface area contributed by atoms with Gasteiger partial charge in [-0.15, -0.1) is 0 Å². The average molecular weight is 302 g/mol. The van der Waals surface area contributed by atoms with E-state index in [0.29, 0.717) is 0 Å². The summed E-state index contributed by atoms with van der Waals surface area (Å²) in [6, 6.07) is 2.66. The third kappa shape index (κ3) is 5.08. The number of hydrogen-bond acceptors (Lipinski definition) is 8. The van der Waals surface area contributed by atoms with Crippen LogP contribution in [0.5, 0.6) is 17.2 Å². The molecule has 1 amide bonds. The van der Waals surface area contributed by atoms with Crippen LogP contribution in [-0.2, 0) is 11.2 Å². The number of aromatic hydroxyl groups is 2. The van der Waals surface area contributed by atoms with Crippen molar-refractivity contribution in [1.82, 2.24) is 10.8 Å². The fraction of sp³-hybridized carbons (Fsp3) is 0.417. The molecule has 0 bridgehead atoms. The summed E-state index contributed by atoms with van der Waals surface area (Å²) in [7, 11) is 0. The first-order chi connectivity index (χ1) is 9.99. The Bertz CT molecular complexity index is 481. The fourth-order valence-electron chi connectivity index (χ4n) is 1.59. The van der Waals surface area contributed by atoms with Crippen molar-refractivity contribution in [2.45, 2.75) is 12.6 Å². The third-order valence-corrected chi connectivity index (χ3v) is 2.57. The van der Waals surface area contributed by atoms with Crippen molar-refractivity contribution in [3.8, 4) is 17.2 Å². The smallest absolute Gasteiger partial charge is 0.257 e. The highest BCUT2D eigenvalue weighted by Gasteiger charge is 2.16. The molecule has 1 aromatic carbocycles. The summed E-state index contributed by atoms with van der Waals surface area (Å²) < 4.78 is 5.01. The predicted octanol–water partition coefficient (Wildman–Crippen LogP) is -1.58. The number of carbonyl (C=O) groups is 1. The molecule has 1 unspecified atom stereocenters. The van der Waals surface area contributed by atoms with Crippen LogP contribution < -0.4 is 15.5 Å². The maximum Gasteiger partial charge on any atom is 0.257 e. The number of aliphatic hydroxyl groups is 2. The first-order valence-corrected chi connectivity index (χ1v) is 6.11. The van der Waals surface area contributed by atoms with Crippen LogP contribution in [0.3, 0.4) is 0 Å². The number of amides is 1. The molecule has 9 nitrogen and oxygen atoms in total. The zero-order valence-electron chi connectivity index (χ0n) is 11.1. The van der Waals surface area contributed by atoms with Crippen LogP contribution >= 0.6 is 0 Å². The summed E-state index contributed by atoms with van der Waals surface area (Å²) in [5.74, 6) is -1.58. The van der Waals surface area contributed by atoms with E-state index in [1.165, 1.54) is 17.6 Å². The molecule has 0 spiro atoms. The minimum absolute atomic E-state index is 0.0691. The van der Waals surface area contributed by atoms with Gasteiger partial charge in [-0.2, -0.15) is 0 Å². The Hall–Kier alpha value is -2.07. The summed E-state index contributed by atoms with van der Waals surface area (Å²) in [6.07, 6.45) is -1.23. The van der Waals surface area contributed by atoms with E-state index in [1.54, 1.807) is 0 Å². The summed E-state index contributed by atoms with van der Waals surface area (Å²) in [4.78, 5) is 10.8. The van der Waals surface area contributed by atoms with Crippen LogP contribution in [0.4, 0.5) is 0 Å². The van der Waals surface area contributed by atoms with Gasteiger partial charge in [0.25, 0.3) is 5.91 Å². The van der Waals surface area contributed by atoms with E-state index >= 15 is 0 Å². The van der Waals surface area contributed by atoms with Gasteiger partial charge in [-0.25, -0.2) is 5.48 Å². The number of hydrogen-bond donors (Lipinski definition) is 7. The lowest BCUT2D eigenvalue weighted by molar-refractivity contribution is -0.128. The molecule has 0 aromatic heterocycles. The third-order valence-electron chi connectivity index (χ3n) is 2.57. The molecule has 0 saturated heterocycles. The second kappa shape index (κ2) is 8.27. The normalized spacial score (nSPS) is 12.0. The molecular formula is C12H18N2O7. The van der Waals surface area contributed by atoms with Gasteiger partial charge in [0.05, 0.1) is 13.2 Å². The molecule has 0 radical (unpaired) electrons. The molecule has 1 aromatic rings. The first kappa shape index (κ1) is 17.0. The summed E-state index contributed by atoms with van der Waals surface area (Å²) in [6.45, 7) is -0.712. The Morgan fingerprint density at radius 1 is 1.33 bits per heavy atom. The molecule has 0 aliphatic rings. The maximum absolute atomic E-state index is 10.8. The van der Waals surface area contributed by atoms with Crippen molar-refractivity contribution >= 4 is 5.91 Å². The summed E-state index contributed by atoms with van der Waals surface area (Å²) in [5, 5.41) is 48.6. The average Bonchev–Trinajstić information content (AvgIpc) is 2.47. The van der Waals surface area contributed by atoms with Crippen LogP contribution in [0.15, 0.2) is 12.1 Å². The SMILES string of the molecule is O=C(CNC(O)Cc1ccc(O)c(OCCO)c1O)NO. The summed E-state index contributed by atoms with van der Waals surface area (Å²) in [5.41, 5.74) is 1.67. The van der Waals surface area contributed by atoms with E-state index in [9.17, 15) is 20.1 Å². The van der Waals surface area contributed by atoms with Gasteiger partial charge in [0.1, 0.15) is 12.8 Å². The number of benzene rings is 1. The Morgan fingerprint density at radius 3 is 2.67 bits per heavy atom. The maximum atomic E-state index is 10.8. The lowest BCUT2D eigenvalue weighted by Crippen LogP contribution is -2.39. The summed E-state index contributed by atoms with van der Waals surface area (Å²) >= 11 is 0. The highest BCUT2D eigenvalue weighted by Crippen LogP contribution is 2.38. The molecule has 0 aliphatic heterocycles. The monoisotopic (exact) mass is 302 g/mol. The second-order valence-corrected chi connectivity index (χ2v) is 4.13. The van der Waals surface area contributed by atoms with Crippen molar-refractivity contribution < 1.29 is 35.2 Å². The van der Waals surface area contributed by atoms with Gasteiger partial charge >= 0.3 is 0 Å². The topological polar surface area (TPSA) is 152 Å². The number of aliphatic hydroxyl groups excluding tert-OH is 2. The number of nitrogens with one attached hydrogen (secondary N) is 2. The zero-order chi connectivity index (χ0) is 15.8. The molecule has 0 fully saturated rings. The molecule has 7 N–H and O–H groups in total. The van der Waals surface area contributed by atoms with Crippen molar-refractivity contribution in [3.05, 3.63) is 17.7 Å². The lowest BCUT2D eigenvalue weighted by atomic mass is 10.1. The van der Waals surface area contributed by atoms with E-state index in [-0.39, 0.29) is 49.0 Å². The Morgan fingerprint density at radius 2 is 2.05 bits per heavy atom. The van der Waals surface area contributed by atoms with Crippen LogP contribution in [0.1, 0.15) is 5.56 Å². The molecule has 118 valence electrons. The lowest BCUT2D eigenvalue weighted by Gasteiger charge is -2.15. The second-order valence-electron chi connectivity index (χ2n) is 4.13. The number of phenols is 2. The highest BCUT2D eigenvalue weighted by molar-refractivity contribution is 5.76. The molecular weight excluding hydrogens is 284 g/mol. The first-order valence-electron chi connectivity index (χ1n) is 6.11. The standard InChI is InChI=1S/C12H18N2O7/c15-3-4-21-12-8(16)2-1-7(11(12)19)5-9(17)13-6-10(18)14-20/h1-2,9,13,15-17,19-20H,3-6H2,(H,14,18). The molecule has 0 saturated carbocycles. The van der Waals surface area contributed by atoms with Crippen molar-refractivity contribution in [3.63, 3.8) is 0 Å².